The van der Waals surface area contributed by atoms with E-state index in [9.17, 15) is 14.9 Å². The fourth-order valence-electron chi connectivity index (χ4n) is 2.02. The first-order chi connectivity index (χ1) is 10.5. The number of hydrogen-bond donors (Lipinski definition) is 1. The largest absolute Gasteiger partial charge is 0.323 e. The first-order valence-electron chi connectivity index (χ1n) is 6.44. The third-order valence-electron chi connectivity index (χ3n) is 3.27. The lowest BCUT2D eigenvalue weighted by molar-refractivity contribution is -0.385. The number of anilines is 1. The number of rotatable bonds is 4. The van der Waals surface area contributed by atoms with Crippen molar-refractivity contribution in [2.45, 2.75) is 19.9 Å². The van der Waals surface area contributed by atoms with Gasteiger partial charge in [-0.1, -0.05) is 12.1 Å². The van der Waals surface area contributed by atoms with E-state index in [0.29, 0.717) is 16.9 Å². The van der Waals surface area contributed by atoms with Crippen LogP contribution in [0.5, 0.6) is 0 Å². The highest BCUT2D eigenvalue weighted by atomic mass is 16.6. The number of benzene rings is 1. The lowest BCUT2D eigenvalue weighted by atomic mass is 10.2. The smallest absolute Gasteiger partial charge is 0.309 e. The Bertz CT molecular complexity index is 775. The van der Waals surface area contributed by atoms with Crippen LogP contribution < -0.4 is 5.32 Å². The predicted octanol–water partition coefficient (Wildman–Crippen LogP) is 2.17. The summed E-state index contributed by atoms with van der Waals surface area (Å²) >= 11 is 0. The average Bonchev–Trinajstić information content (AvgIpc) is 2.88. The third kappa shape index (κ3) is 2.78. The number of nitrogens with one attached hydrogen (secondary N) is 1. The highest BCUT2D eigenvalue weighted by Crippen LogP contribution is 2.21. The molecule has 22 heavy (non-hydrogen) atoms. The summed E-state index contributed by atoms with van der Waals surface area (Å²) in [5, 5.41) is 26.3. The zero-order chi connectivity index (χ0) is 16.3. The van der Waals surface area contributed by atoms with Crippen molar-refractivity contribution in [2.24, 2.45) is 0 Å². The second kappa shape index (κ2) is 6.05. The van der Waals surface area contributed by atoms with Crippen molar-refractivity contribution in [3.8, 4) is 6.07 Å². The molecule has 0 aliphatic rings. The van der Waals surface area contributed by atoms with Crippen molar-refractivity contribution in [3.63, 3.8) is 0 Å². The Morgan fingerprint density at radius 3 is 2.77 bits per heavy atom. The number of nitro groups is 1. The normalized spacial score (nSPS) is 11.5. The second-order valence-electron chi connectivity index (χ2n) is 4.64. The molecule has 0 saturated heterocycles. The van der Waals surface area contributed by atoms with Crippen LogP contribution in [-0.4, -0.2) is 20.6 Å². The number of amides is 1. The lowest BCUT2D eigenvalue weighted by Gasteiger charge is -2.14. The molecule has 1 heterocycles. The molecule has 0 fully saturated rings. The van der Waals surface area contributed by atoms with E-state index in [0.717, 1.165) is 6.20 Å². The van der Waals surface area contributed by atoms with E-state index < -0.39 is 16.9 Å². The average molecular weight is 299 g/mol. The molecule has 2 aromatic rings. The molecule has 0 aliphatic heterocycles. The maximum Gasteiger partial charge on any atom is 0.309 e. The molecule has 112 valence electrons. The molecule has 1 aromatic heterocycles. The van der Waals surface area contributed by atoms with E-state index >= 15 is 0 Å². The molecular formula is C14H13N5O3. The quantitative estimate of drug-likeness (QED) is 0.686. The Kier molecular flexibility index (Phi) is 4.18. The van der Waals surface area contributed by atoms with Gasteiger partial charge in [-0.15, -0.1) is 0 Å². The standard InChI is InChI=1S/C14H13N5O3/c1-9-13(19(21)22)8-16-18(9)10(2)14(20)17-12-6-4-3-5-11(12)7-15/h3-6,8,10H,1-2H3,(H,17,20). The number of carbonyl (C=O) groups excluding carboxylic acids is 1. The molecule has 1 aromatic carbocycles. The van der Waals surface area contributed by atoms with Crippen molar-refractivity contribution in [1.82, 2.24) is 9.78 Å². The van der Waals surface area contributed by atoms with E-state index in [-0.39, 0.29) is 5.69 Å². The molecule has 0 aliphatic carbocycles. The monoisotopic (exact) mass is 299 g/mol. The number of nitriles is 1. The van der Waals surface area contributed by atoms with Crippen LogP contribution in [0, 0.1) is 28.4 Å². The van der Waals surface area contributed by atoms with Crippen LogP contribution in [0.1, 0.15) is 24.2 Å². The van der Waals surface area contributed by atoms with Gasteiger partial charge in [0.2, 0.25) is 5.91 Å². The summed E-state index contributed by atoms with van der Waals surface area (Å²) in [4.78, 5) is 22.5. The van der Waals surface area contributed by atoms with Gasteiger partial charge in [0, 0.05) is 0 Å². The van der Waals surface area contributed by atoms with E-state index in [1.807, 2.05) is 6.07 Å². The Morgan fingerprint density at radius 1 is 1.50 bits per heavy atom. The van der Waals surface area contributed by atoms with Gasteiger partial charge < -0.3 is 5.32 Å². The number of hydrogen-bond acceptors (Lipinski definition) is 5. The van der Waals surface area contributed by atoms with Crippen LogP contribution in [-0.2, 0) is 4.79 Å². The van der Waals surface area contributed by atoms with Crippen molar-refractivity contribution < 1.29 is 9.72 Å². The molecule has 1 atom stereocenters. The molecule has 8 heteroatoms. The zero-order valence-corrected chi connectivity index (χ0v) is 12.0. The topological polar surface area (TPSA) is 114 Å². The van der Waals surface area contributed by atoms with E-state index in [1.165, 1.54) is 11.6 Å². The molecule has 1 amide bonds. The zero-order valence-electron chi connectivity index (χ0n) is 12.0. The van der Waals surface area contributed by atoms with Crippen LogP contribution in [0.2, 0.25) is 0 Å². The van der Waals surface area contributed by atoms with Gasteiger partial charge in [0.1, 0.15) is 24.0 Å². The van der Waals surface area contributed by atoms with E-state index in [2.05, 4.69) is 10.4 Å². The van der Waals surface area contributed by atoms with Gasteiger partial charge in [0.05, 0.1) is 16.2 Å². The molecule has 8 nitrogen and oxygen atoms in total. The summed E-state index contributed by atoms with van der Waals surface area (Å²) in [5.41, 5.74) is 0.880. The molecule has 0 saturated carbocycles. The van der Waals surface area contributed by atoms with Gasteiger partial charge >= 0.3 is 5.69 Å². The molecule has 1 N–H and O–H groups in total. The van der Waals surface area contributed by atoms with E-state index in [4.69, 9.17) is 5.26 Å². The minimum absolute atomic E-state index is 0.142. The summed E-state index contributed by atoms with van der Waals surface area (Å²) in [5.74, 6) is -0.413. The second-order valence-corrected chi connectivity index (χ2v) is 4.64. The summed E-state index contributed by atoms with van der Waals surface area (Å²) in [6.45, 7) is 3.10. The number of nitrogens with zero attached hydrogens (tertiary/aromatic N) is 4. The van der Waals surface area contributed by atoms with Crippen molar-refractivity contribution >= 4 is 17.3 Å². The van der Waals surface area contributed by atoms with Crippen LogP contribution in [0.15, 0.2) is 30.5 Å². The Hall–Kier alpha value is -3.21. The predicted molar refractivity (Wildman–Crippen MR) is 78.1 cm³/mol. The summed E-state index contributed by atoms with van der Waals surface area (Å²) in [6.07, 6.45) is 1.11. The van der Waals surface area contributed by atoms with Gasteiger partial charge in [-0.3, -0.25) is 19.6 Å². The van der Waals surface area contributed by atoms with Crippen molar-refractivity contribution in [1.29, 1.82) is 5.26 Å². The maximum atomic E-state index is 12.3. The first kappa shape index (κ1) is 15.2. The van der Waals surface area contributed by atoms with Gasteiger partial charge in [-0.05, 0) is 26.0 Å². The summed E-state index contributed by atoms with van der Waals surface area (Å²) in [6, 6.07) is 7.83. The number of carbonyl (C=O) groups is 1. The fraction of sp³-hybridized carbons (Fsp3) is 0.214. The van der Waals surface area contributed by atoms with Crippen LogP contribution in [0.25, 0.3) is 0 Å². The molecular weight excluding hydrogens is 286 g/mol. The third-order valence-corrected chi connectivity index (χ3v) is 3.27. The molecule has 0 spiro atoms. The van der Waals surface area contributed by atoms with Crippen LogP contribution in [0.4, 0.5) is 11.4 Å². The highest BCUT2D eigenvalue weighted by molar-refractivity contribution is 5.94. The van der Waals surface area contributed by atoms with Gasteiger partial charge in [0.15, 0.2) is 0 Å². The fourth-order valence-corrected chi connectivity index (χ4v) is 2.02. The van der Waals surface area contributed by atoms with Gasteiger partial charge in [-0.25, -0.2) is 0 Å². The summed E-state index contributed by atoms with van der Waals surface area (Å²) in [7, 11) is 0. The maximum absolute atomic E-state index is 12.3. The van der Waals surface area contributed by atoms with Crippen molar-refractivity contribution in [2.75, 3.05) is 5.32 Å². The molecule has 2 rings (SSSR count). The van der Waals surface area contributed by atoms with Gasteiger partial charge in [-0.2, -0.15) is 10.4 Å². The molecule has 0 bridgehead atoms. The Labute approximate surface area is 126 Å². The molecule has 0 radical (unpaired) electrons. The number of para-hydroxylation sites is 1. The number of aromatic nitrogens is 2. The van der Waals surface area contributed by atoms with Crippen LogP contribution >= 0.6 is 0 Å². The minimum atomic E-state index is -0.750. The first-order valence-corrected chi connectivity index (χ1v) is 6.44. The highest BCUT2D eigenvalue weighted by Gasteiger charge is 2.24. The molecule has 1 unspecified atom stereocenters. The van der Waals surface area contributed by atoms with Crippen LogP contribution in [0.3, 0.4) is 0 Å². The lowest BCUT2D eigenvalue weighted by Crippen LogP contribution is -2.25. The minimum Gasteiger partial charge on any atom is -0.323 e. The SMILES string of the molecule is Cc1c([N+](=O)[O-])cnn1C(C)C(=O)Nc1ccccc1C#N. The van der Waals surface area contributed by atoms with Crippen molar-refractivity contribution in [3.05, 3.63) is 51.8 Å². The Morgan fingerprint density at radius 2 is 2.18 bits per heavy atom. The Balaban J connectivity index is 2.23. The van der Waals surface area contributed by atoms with E-state index in [1.54, 1.807) is 31.2 Å². The summed E-state index contributed by atoms with van der Waals surface area (Å²) < 4.78 is 1.28. The van der Waals surface area contributed by atoms with Gasteiger partial charge in [0.25, 0.3) is 0 Å².